The lowest BCUT2D eigenvalue weighted by Gasteiger charge is -2.05. The van der Waals surface area contributed by atoms with Gasteiger partial charge in [-0.05, 0) is 17.7 Å². The number of aromatic nitrogens is 2. The molecule has 0 aliphatic heterocycles. The van der Waals surface area contributed by atoms with Crippen molar-refractivity contribution in [2.75, 3.05) is 0 Å². The van der Waals surface area contributed by atoms with E-state index in [0.29, 0.717) is 5.56 Å². The minimum atomic E-state index is -0.370. The third-order valence-electron chi connectivity index (χ3n) is 4.73. The van der Waals surface area contributed by atoms with Crippen molar-refractivity contribution in [1.82, 2.24) is 14.6 Å². The van der Waals surface area contributed by atoms with Crippen molar-refractivity contribution < 1.29 is 4.79 Å². The number of para-hydroxylation sites is 1. The first-order valence-corrected chi connectivity index (χ1v) is 9.24. The molecule has 0 aliphatic rings. The van der Waals surface area contributed by atoms with E-state index >= 15 is 0 Å². The first-order valence-electron chi connectivity index (χ1n) is 9.24. The highest BCUT2D eigenvalue weighted by Gasteiger charge is 2.08. The molecule has 0 saturated heterocycles. The third-order valence-corrected chi connectivity index (χ3v) is 4.73. The fraction of sp³-hybridized carbons (Fsp3) is 0.0870. The van der Waals surface area contributed by atoms with Crippen LogP contribution in [0.15, 0.2) is 89.0 Å². The molecule has 0 bridgehead atoms. The minimum absolute atomic E-state index is 0.170. The Morgan fingerprint density at radius 3 is 2.55 bits per heavy atom. The smallest absolute Gasteiger partial charge is 0.272 e. The second kappa shape index (κ2) is 7.98. The van der Waals surface area contributed by atoms with Crippen LogP contribution >= 0.6 is 0 Å². The van der Waals surface area contributed by atoms with Crippen LogP contribution in [0.3, 0.4) is 0 Å². The van der Waals surface area contributed by atoms with Gasteiger partial charge < -0.3 is 9.13 Å². The Morgan fingerprint density at radius 1 is 1.00 bits per heavy atom. The maximum Gasteiger partial charge on any atom is 0.272 e. The van der Waals surface area contributed by atoms with Gasteiger partial charge in [-0.25, -0.2) is 5.43 Å². The number of hydrogen-bond donors (Lipinski definition) is 1. The zero-order valence-electron chi connectivity index (χ0n) is 15.9. The predicted molar refractivity (Wildman–Crippen MR) is 114 cm³/mol. The lowest BCUT2D eigenvalue weighted by molar-refractivity contribution is 0.0954. The molecule has 0 spiro atoms. The third kappa shape index (κ3) is 4.01. The Hall–Kier alpha value is -3.93. The number of nitrogens with one attached hydrogen (secondary N) is 1. The molecule has 0 fully saturated rings. The van der Waals surface area contributed by atoms with Gasteiger partial charge in [-0.1, -0.05) is 48.5 Å². The maximum absolute atomic E-state index is 12.3. The number of nitrogens with zero attached hydrogens (tertiary/aromatic N) is 3. The predicted octanol–water partition coefficient (Wildman–Crippen LogP) is 3.15. The summed E-state index contributed by atoms with van der Waals surface area (Å²) in [4.78, 5) is 23.7. The van der Waals surface area contributed by atoms with Gasteiger partial charge >= 0.3 is 0 Å². The molecule has 1 amide bonds. The highest BCUT2D eigenvalue weighted by atomic mass is 16.2. The highest BCUT2D eigenvalue weighted by molar-refractivity contribution is 6.00. The van der Waals surface area contributed by atoms with E-state index in [1.165, 1.54) is 28.5 Å². The second-order valence-electron chi connectivity index (χ2n) is 6.78. The van der Waals surface area contributed by atoms with E-state index in [0.717, 1.165) is 23.0 Å². The van der Waals surface area contributed by atoms with Crippen LogP contribution in [0.5, 0.6) is 0 Å². The lowest BCUT2D eigenvalue weighted by Crippen LogP contribution is -2.22. The standard InChI is InChI=1S/C23H20N4O2/c1-26-15-18(11-12-22(26)28)23(29)25-24-13-19-16-27(14-17-7-3-2-4-8-17)21-10-6-5-9-20(19)21/h2-13,15-16H,14H2,1H3,(H,25,29). The summed E-state index contributed by atoms with van der Waals surface area (Å²) in [5.41, 5.74) is 5.95. The summed E-state index contributed by atoms with van der Waals surface area (Å²) < 4.78 is 3.52. The van der Waals surface area contributed by atoms with E-state index in [9.17, 15) is 9.59 Å². The summed E-state index contributed by atoms with van der Waals surface area (Å²) in [6, 6.07) is 21.2. The quantitative estimate of drug-likeness (QED) is 0.424. The van der Waals surface area contributed by atoms with Crippen LogP contribution in [0.2, 0.25) is 0 Å². The van der Waals surface area contributed by atoms with Crippen LogP contribution in [0.1, 0.15) is 21.5 Å². The van der Waals surface area contributed by atoms with Gasteiger partial charge in [0.15, 0.2) is 0 Å². The van der Waals surface area contributed by atoms with Crippen LogP contribution in [0.25, 0.3) is 10.9 Å². The van der Waals surface area contributed by atoms with E-state index in [1.54, 1.807) is 13.3 Å². The van der Waals surface area contributed by atoms with Gasteiger partial charge in [0.25, 0.3) is 5.91 Å². The molecule has 6 nitrogen and oxygen atoms in total. The SMILES string of the molecule is Cn1cc(C(=O)NN=Cc2cn(Cc3ccccc3)c3ccccc23)ccc1=O. The number of benzene rings is 2. The topological polar surface area (TPSA) is 68.4 Å². The number of amides is 1. The normalized spacial score (nSPS) is 11.2. The number of rotatable bonds is 5. The van der Waals surface area contributed by atoms with Gasteiger partial charge in [0.1, 0.15) is 0 Å². The molecule has 4 aromatic rings. The monoisotopic (exact) mass is 384 g/mol. The number of carbonyl (C=O) groups is 1. The average molecular weight is 384 g/mol. The lowest BCUT2D eigenvalue weighted by atomic mass is 10.2. The number of fused-ring (bicyclic) bond motifs is 1. The van der Waals surface area contributed by atoms with Gasteiger partial charge in [-0.15, -0.1) is 0 Å². The molecular weight excluding hydrogens is 364 g/mol. The zero-order valence-corrected chi connectivity index (χ0v) is 15.9. The summed E-state index contributed by atoms with van der Waals surface area (Å²) in [7, 11) is 1.60. The van der Waals surface area contributed by atoms with E-state index in [1.807, 2.05) is 42.6 Å². The Labute approximate surface area is 167 Å². The fourth-order valence-corrected chi connectivity index (χ4v) is 3.24. The number of hydrazone groups is 1. The van der Waals surface area contributed by atoms with Gasteiger partial charge in [0, 0.05) is 48.5 Å². The molecule has 29 heavy (non-hydrogen) atoms. The van der Waals surface area contributed by atoms with Crippen molar-refractivity contribution in [3.63, 3.8) is 0 Å². The van der Waals surface area contributed by atoms with Crippen LogP contribution in [-0.4, -0.2) is 21.3 Å². The summed E-state index contributed by atoms with van der Waals surface area (Å²) in [5, 5.41) is 5.17. The molecule has 144 valence electrons. The number of aryl methyl sites for hydroxylation is 1. The van der Waals surface area contributed by atoms with Gasteiger partial charge in [0.2, 0.25) is 5.56 Å². The Kier molecular flexibility index (Phi) is 5.07. The molecular formula is C23H20N4O2. The van der Waals surface area contributed by atoms with Crippen molar-refractivity contribution in [2.24, 2.45) is 12.1 Å². The maximum atomic E-state index is 12.3. The van der Waals surface area contributed by atoms with Crippen molar-refractivity contribution in [2.45, 2.75) is 6.54 Å². The van der Waals surface area contributed by atoms with Crippen LogP contribution in [0, 0.1) is 0 Å². The number of hydrogen-bond acceptors (Lipinski definition) is 3. The number of pyridine rings is 1. The minimum Gasteiger partial charge on any atom is -0.342 e. The molecule has 2 aromatic heterocycles. The number of carbonyl (C=O) groups excluding carboxylic acids is 1. The molecule has 4 rings (SSSR count). The van der Waals surface area contributed by atoms with E-state index in [2.05, 4.69) is 33.3 Å². The summed E-state index contributed by atoms with van der Waals surface area (Å²) in [5.74, 6) is -0.370. The Morgan fingerprint density at radius 2 is 1.76 bits per heavy atom. The molecule has 0 saturated carbocycles. The fourth-order valence-electron chi connectivity index (χ4n) is 3.24. The van der Waals surface area contributed by atoms with E-state index < -0.39 is 0 Å². The van der Waals surface area contributed by atoms with Crippen molar-refractivity contribution in [3.8, 4) is 0 Å². The Balaban J connectivity index is 1.56. The van der Waals surface area contributed by atoms with Crippen LogP contribution < -0.4 is 11.0 Å². The average Bonchev–Trinajstić information content (AvgIpc) is 3.08. The summed E-state index contributed by atoms with van der Waals surface area (Å²) >= 11 is 0. The second-order valence-corrected chi connectivity index (χ2v) is 6.78. The van der Waals surface area contributed by atoms with Crippen molar-refractivity contribution >= 4 is 23.0 Å². The Bertz CT molecular complexity index is 1250. The summed E-state index contributed by atoms with van der Waals surface area (Å²) in [6.07, 6.45) is 5.15. The molecule has 0 aliphatic carbocycles. The van der Waals surface area contributed by atoms with Crippen molar-refractivity contribution in [3.05, 3.63) is 106 Å². The molecule has 0 radical (unpaired) electrons. The van der Waals surface area contributed by atoms with Gasteiger partial charge in [0.05, 0.1) is 11.8 Å². The van der Waals surface area contributed by atoms with E-state index in [4.69, 9.17) is 0 Å². The molecule has 0 atom stereocenters. The molecule has 1 N–H and O–H groups in total. The highest BCUT2D eigenvalue weighted by Crippen LogP contribution is 2.21. The van der Waals surface area contributed by atoms with E-state index in [-0.39, 0.29) is 11.5 Å². The molecule has 6 heteroatoms. The molecule has 2 heterocycles. The van der Waals surface area contributed by atoms with Crippen molar-refractivity contribution in [1.29, 1.82) is 0 Å². The summed E-state index contributed by atoms with van der Waals surface area (Å²) in [6.45, 7) is 0.750. The van der Waals surface area contributed by atoms with Crippen LogP contribution in [-0.2, 0) is 13.6 Å². The molecule has 2 aromatic carbocycles. The largest absolute Gasteiger partial charge is 0.342 e. The molecule has 0 unspecified atom stereocenters. The van der Waals surface area contributed by atoms with Crippen LogP contribution in [0.4, 0.5) is 0 Å². The first kappa shape index (κ1) is 18.4. The van der Waals surface area contributed by atoms with Gasteiger partial charge in [-0.3, -0.25) is 9.59 Å². The first-order chi connectivity index (χ1) is 14.1. The zero-order chi connectivity index (χ0) is 20.2. The van der Waals surface area contributed by atoms with Gasteiger partial charge in [-0.2, -0.15) is 5.10 Å².